The number of ether oxygens (including phenoxy) is 2. The van der Waals surface area contributed by atoms with E-state index in [-0.39, 0.29) is 18.1 Å². The lowest BCUT2D eigenvalue weighted by Crippen LogP contribution is -2.45. The molecule has 1 saturated carbocycles. The van der Waals surface area contributed by atoms with Crippen molar-refractivity contribution in [1.29, 1.82) is 0 Å². The van der Waals surface area contributed by atoms with Crippen molar-refractivity contribution in [1.82, 2.24) is 5.32 Å². The van der Waals surface area contributed by atoms with E-state index in [0.29, 0.717) is 18.9 Å². The molecular weight excluding hydrogens is 400 g/mol. The highest BCUT2D eigenvalue weighted by Crippen LogP contribution is 2.34. The molecule has 2 aromatic carbocycles. The van der Waals surface area contributed by atoms with Crippen LogP contribution in [0.5, 0.6) is 5.75 Å². The van der Waals surface area contributed by atoms with Crippen LogP contribution in [0, 0.1) is 5.92 Å². The molecule has 2 aliphatic rings. The quantitative estimate of drug-likeness (QED) is 0.534. The van der Waals surface area contributed by atoms with E-state index in [0.717, 1.165) is 36.9 Å². The van der Waals surface area contributed by atoms with Crippen molar-refractivity contribution < 1.29 is 14.3 Å². The molecule has 1 N–H and O–H groups in total. The molecule has 0 aromatic heterocycles. The molecule has 4 rings (SSSR count). The van der Waals surface area contributed by atoms with Crippen LogP contribution in [0.4, 0.5) is 5.69 Å². The fraction of sp³-hybridized carbons (Fsp3) is 0.519. The summed E-state index contributed by atoms with van der Waals surface area (Å²) in [4.78, 5) is 14.8. The number of amides is 1. The minimum atomic E-state index is -0.374. The maximum atomic E-state index is 12.4. The van der Waals surface area contributed by atoms with E-state index in [2.05, 4.69) is 58.7 Å². The van der Waals surface area contributed by atoms with Gasteiger partial charge in [-0.05, 0) is 74.4 Å². The third-order valence-electron chi connectivity index (χ3n) is 6.56. The van der Waals surface area contributed by atoms with Crippen LogP contribution in [0.25, 0.3) is 0 Å². The summed E-state index contributed by atoms with van der Waals surface area (Å²) in [6, 6.07) is 17.1. The summed E-state index contributed by atoms with van der Waals surface area (Å²) in [6.07, 6.45) is 2.94. The van der Waals surface area contributed by atoms with E-state index in [1.165, 1.54) is 24.1 Å². The van der Waals surface area contributed by atoms with Crippen molar-refractivity contribution in [3.05, 3.63) is 59.7 Å². The molecule has 5 heteroatoms. The third-order valence-corrected chi connectivity index (χ3v) is 6.56. The van der Waals surface area contributed by atoms with Crippen molar-refractivity contribution in [3.8, 4) is 5.75 Å². The standard InChI is InChI=1S/C27H36N2O3/c1-4-26(31-5-2)27(30)28-19(3)21-8-10-22(11-9-21)23-16-29(17-23)24-12-14-25(15-13-24)32-18-20-6-7-20/h8-15,19-20,23,26H,4-7,16-18H2,1-3H3,(H,28,30)/t19-,26?/m0/s1. The SMILES string of the molecule is CCOC(CC)C(=O)N[C@@H](C)c1ccc(C2CN(c3ccc(OCC4CC4)cc3)C2)cc1. The Kier molecular flexibility index (Phi) is 7.36. The Hall–Kier alpha value is -2.53. The minimum absolute atomic E-state index is 0.0374. The summed E-state index contributed by atoms with van der Waals surface area (Å²) in [5, 5.41) is 3.08. The smallest absolute Gasteiger partial charge is 0.249 e. The van der Waals surface area contributed by atoms with E-state index in [1.54, 1.807) is 0 Å². The molecule has 2 aromatic rings. The van der Waals surface area contributed by atoms with Gasteiger partial charge in [0, 0.05) is 31.3 Å². The molecule has 1 aliphatic carbocycles. The monoisotopic (exact) mass is 436 g/mol. The Balaban J connectivity index is 1.25. The van der Waals surface area contributed by atoms with E-state index in [9.17, 15) is 4.79 Å². The van der Waals surface area contributed by atoms with E-state index >= 15 is 0 Å². The largest absolute Gasteiger partial charge is 0.493 e. The molecule has 2 atom stereocenters. The van der Waals surface area contributed by atoms with Gasteiger partial charge in [0.1, 0.15) is 11.9 Å². The molecular formula is C27H36N2O3. The molecule has 0 spiro atoms. The molecule has 1 amide bonds. The van der Waals surface area contributed by atoms with Gasteiger partial charge in [-0.1, -0.05) is 31.2 Å². The topological polar surface area (TPSA) is 50.8 Å². The molecule has 172 valence electrons. The Morgan fingerprint density at radius 2 is 1.75 bits per heavy atom. The highest BCUT2D eigenvalue weighted by molar-refractivity contribution is 5.81. The zero-order chi connectivity index (χ0) is 22.5. The Bertz CT molecular complexity index is 871. The minimum Gasteiger partial charge on any atom is -0.493 e. The van der Waals surface area contributed by atoms with Crippen LogP contribution < -0.4 is 15.0 Å². The molecule has 32 heavy (non-hydrogen) atoms. The second-order valence-corrected chi connectivity index (χ2v) is 9.10. The van der Waals surface area contributed by atoms with E-state index in [4.69, 9.17) is 9.47 Å². The Morgan fingerprint density at radius 3 is 2.34 bits per heavy atom. The van der Waals surface area contributed by atoms with Gasteiger partial charge < -0.3 is 19.7 Å². The summed E-state index contributed by atoms with van der Waals surface area (Å²) >= 11 is 0. The molecule has 1 saturated heterocycles. The summed E-state index contributed by atoms with van der Waals surface area (Å²) in [5.74, 6) is 2.26. The van der Waals surface area contributed by atoms with Gasteiger partial charge in [0.05, 0.1) is 12.6 Å². The Morgan fingerprint density at radius 1 is 1.06 bits per heavy atom. The van der Waals surface area contributed by atoms with Crippen molar-refractivity contribution in [3.63, 3.8) is 0 Å². The summed E-state index contributed by atoms with van der Waals surface area (Å²) in [6.45, 7) is 9.37. The van der Waals surface area contributed by atoms with Crippen LogP contribution in [0.1, 0.15) is 63.1 Å². The van der Waals surface area contributed by atoms with Gasteiger partial charge >= 0.3 is 0 Å². The predicted octanol–water partition coefficient (Wildman–Crippen LogP) is 5.07. The van der Waals surface area contributed by atoms with Crippen molar-refractivity contribution in [2.24, 2.45) is 5.92 Å². The van der Waals surface area contributed by atoms with E-state index in [1.807, 2.05) is 20.8 Å². The van der Waals surface area contributed by atoms with Crippen molar-refractivity contribution in [2.75, 3.05) is 31.2 Å². The summed E-state index contributed by atoms with van der Waals surface area (Å²) in [7, 11) is 0. The number of nitrogens with zero attached hydrogens (tertiary/aromatic N) is 1. The number of hydrogen-bond donors (Lipinski definition) is 1. The predicted molar refractivity (Wildman–Crippen MR) is 128 cm³/mol. The van der Waals surface area contributed by atoms with Crippen LogP contribution in [0.2, 0.25) is 0 Å². The van der Waals surface area contributed by atoms with E-state index < -0.39 is 0 Å². The lowest BCUT2D eigenvalue weighted by atomic mass is 9.90. The highest BCUT2D eigenvalue weighted by atomic mass is 16.5. The van der Waals surface area contributed by atoms with Gasteiger partial charge in [-0.15, -0.1) is 0 Å². The van der Waals surface area contributed by atoms with Gasteiger partial charge in [0.2, 0.25) is 5.91 Å². The summed E-state index contributed by atoms with van der Waals surface area (Å²) < 4.78 is 11.4. The van der Waals surface area contributed by atoms with Gasteiger partial charge in [0.15, 0.2) is 0 Å². The number of rotatable bonds is 11. The number of carbonyl (C=O) groups excluding carboxylic acids is 1. The maximum absolute atomic E-state index is 12.4. The number of hydrogen-bond acceptors (Lipinski definition) is 4. The molecule has 1 unspecified atom stereocenters. The van der Waals surface area contributed by atoms with Gasteiger partial charge in [-0.3, -0.25) is 4.79 Å². The van der Waals surface area contributed by atoms with Gasteiger partial charge in [0.25, 0.3) is 0 Å². The second kappa shape index (κ2) is 10.4. The number of anilines is 1. The highest BCUT2D eigenvalue weighted by Gasteiger charge is 2.28. The lowest BCUT2D eigenvalue weighted by Gasteiger charge is -2.41. The second-order valence-electron chi connectivity index (χ2n) is 9.10. The first-order valence-electron chi connectivity index (χ1n) is 12.1. The van der Waals surface area contributed by atoms with Crippen LogP contribution in [-0.2, 0) is 9.53 Å². The first-order valence-corrected chi connectivity index (χ1v) is 12.1. The van der Waals surface area contributed by atoms with Gasteiger partial charge in [-0.25, -0.2) is 0 Å². The first-order chi connectivity index (χ1) is 15.6. The normalized spacial score (nSPS) is 18.0. The van der Waals surface area contributed by atoms with Crippen molar-refractivity contribution >= 4 is 11.6 Å². The molecule has 0 radical (unpaired) electrons. The van der Waals surface area contributed by atoms with Crippen LogP contribution in [0.3, 0.4) is 0 Å². The zero-order valence-electron chi connectivity index (χ0n) is 19.5. The molecule has 1 aliphatic heterocycles. The third kappa shape index (κ3) is 5.63. The molecule has 1 heterocycles. The first kappa shape index (κ1) is 22.7. The Labute approximate surface area is 192 Å². The number of nitrogens with one attached hydrogen (secondary N) is 1. The molecule has 5 nitrogen and oxygen atoms in total. The van der Waals surface area contributed by atoms with Crippen LogP contribution in [0.15, 0.2) is 48.5 Å². The average Bonchev–Trinajstić information content (AvgIpc) is 3.61. The number of carbonyl (C=O) groups is 1. The summed E-state index contributed by atoms with van der Waals surface area (Å²) in [5.41, 5.74) is 3.73. The fourth-order valence-corrected chi connectivity index (χ4v) is 4.18. The fourth-order valence-electron chi connectivity index (χ4n) is 4.18. The average molecular weight is 437 g/mol. The molecule has 0 bridgehead atoms. The van der Waals surface area contributed by atoms with Crippen LogP contribution in [-0.4, -0.2) is 38.3 Å². The molecule has 2 fully saturated rings. The van der Waals surface area contributed by atoms with Gasteiger partial charge in [-0.2, -0.15) is 0 Å². The maximum Gasteiger partial charge on any atom is 0.249 e. The van der Waals surface area contributed by atoms with Crippen LogP contribution >= 0.6 is 0 Å². The number of benzene rings is 2. The van der Waals surface area contributed by atoms with Crippen molar-refractivity contribution in [2.45, 2.75) is 58.1 Å². The zero-order valence-corrected chi connectivity index (χ0v) is 19.5. The lowest BCUT2D eigenvalue weighted by molar-refractivity contribution is -0.133.